The Hall–Kier alpha value is -3.74. The largest absolute Gasteiger partial charge is 0.493 e. The van der Waals surface area contributed by atoms with E-state index in [2.05, 4.69) is 15.2 Å². The number of nitrogen functional groups attached to an aromatic ring is 1. The van der Waals surface area contributed by atoms with Crippen molar-refractivity contribution >= 4 is 16.7 Å². The lowest BCUT2D eigenvalue weighted by molar-refractivity contribution is 0.324. The van der Waals surface area contributed by atoms with Gasteiger partial charge in [-0.2, -0.15) is 5.10 Å². The van der Waals surface area contributed by atoms with Crippen LogP contribution in [0.25, 0.3) is 33.4 Å². The second kappa shape index (κ2) is 7.11. The Morgan fingerprint density at radius 1 is 0.857 bits per heavy atom. The Labute approximate surface area is 162 Å². The molecule has 4 aromatic rings. The summed E-state index contributed by atoms with van der Waals surface area (Å²) in [5.74, 6) is 1.68. The van der Waals surface area contributed by atoms with Crippen LogP contribution in [-0.4, -0.2) is 36.5 Å². The van der Waals surface area contributed by atoms with E-state index < -0.39 is 0 Å². The molecule has 2 heterocycles. The first kappa shape index (κ1) is 17.7. The van der Waals surface area contributed by atoms with Gasteiger partial charge in [0.25, 0.3) is 0 Å². The summed E-state index contributed by atoms with van der Waals surface area (Å²) in [7, 11) is 4.75. The molecule has 0 unspecified atom stereocenters. The summed E-state index contributed by atoms with van der Waals surface area (Å²) in [5, 5.41) is 8.28. The highest BCUT2D eigenvalue weighted by molar-refractivity contribution is 5.94. The number of ether oxygens (including phenoxy) is 3. The molecule has 0 spiro atoms. The van der Waals surface area contributed by atoms with Gasteiger partial charge in [-0.25, -0.2) is 4.98 Å². The molecule has 28 heavy (non-hydrogen) atoms. The third kappa shape index (κ3) is 2.96. The Morgan fingerprint density at radius 3 is 2.25 bits per heavy atom. The first-order valence-corrected chi connectivity index (χ1v) is 8.65. The lowest BCUT2D eigenvalue weighted by Crippen LogP contribution is -1.96. The van der Waals surface area contributed by atoms with Gasteiger partial charge in [0.1, 0.15) is 0 Å². The monoisotopic (exact) mass is 376 g/mol. The summed E-state index contributed by atoms with van der Waals surface area (Å²) < 4.78 is 16.3. The summed E-state index contributed by atoms with van der Waals surface area (Å²) in [5.41, 5.74) is 10.9. The molecule has 2 aromatic carbocycles. The van der Waals surface area contributed by atoms with E-state index in [1.54, 1.807) is 27.5 Å². The van der Waals surface area contributed by atoms with E-state index in [-0.39, 0.29) is 0 Å². The molecule has 0 saturated carbocycles. The van der Waals surface area contributed by atoms with Crippen molar-refractivity contribution in [3.05, 3.63) is 48.7 Å². The van der Waals surface area contributed by atoms with Crippen LogP contribution in [0.15, 0.2) is 48.7 Å². The number of H-pyrrole nitrogens is 1. The first-order chi connectivity index (χ1) is 13.6. The van der Waals surface area contributed by atoms with E-state index in [0.29, 0.717) is 28.6 Å². The fourth-order valence-electron chi connectivity index (χ4n) is 3.22. The summed E-state index contributed by atoms with van der Waals surface area (Å²) >= 11 is 0. The summed E-state index contributed by atoms with van der Waals surface area (Å²) in [6.07, 6.45) is 1.79. The second-order valence-corrected chi connectivity index (χ2v) is 6.23. The maximum absolute atomic E-state index is 5.92. The fourth-order valence-corrected chi connectivity index (χ4v) is 3.22. The zero-order chi connectivity index (χ0) is 19.7. The average molecular weight is 376 g/mol. The minimum absolute atomic E-state index is 0.538. The molecule has 0 aliphatic heterocycles. The zero-order valence-corrected chi connectivity index (χ0v) is 15.8. The average Bonchev–Trinajstić information content (AvgIpc) is 3.15. The van der Waals surface area contributed by atoms with Crippen LogP contribution >= 0.6 is 0 Å². The number of anilines is 1. The van der Waals surface area contributed by atoms with Gasteiger partial charge < -0.3 is 19.9 Å². The molecule has 0 aliphatic rings. The molecule has 0 atom stereocenters. The molecule has 4 rings (SSSR count). The van der Waals surface area contributed by atoms with Crippen LogP contribution in [0.5, 0.6) is 17.2 Å². The summed E-state index contributed by atoms with van der Waals surface area (Å²) in [4.78, 5) is 4.48. The van der Waals surface area contributed by atoms with Crippen LogP contribution in [0, 0.1) is 0 Å². The van der Waals surface area contributed by atoms with Crippen LogP contribution in [0.1, 0.15) is 0 Å². The number of benzene rings is 2. The van der Waals surface area contributed by atoms with Crippen molar-refractivity contribution in [2.75, 3.05) is 27.1 Å². The highest BCUT2D eigenvalue weighted by atomic mass is 16.5. The van der Waals surface area contributed by atoms with Crippen molar-refractivity contribution in [1.82, 2.24) is 15.2 Å². The van der Waals surface area contributed by atoms with Gasteiger partial charge in [-0.3, -0.25) is 5.10 Å². The van der Waals surface area contributed by atoms with Crippen LogP contribution in [-0.2, 0) is 0 Å². The summed E-state index contributed by atoms with van der Waals surface area (Å²) in [6.45, 7) is 0. The van der Waals surface area contributed by atoms with Crippen LogP contribution in [0.4, 0.5) is 5.69 Å². The zero-order valence-electron chi connectivity index (χ0n) is 15.8. The number of aromatic nitrogens is 3. The van der Waals surface area contributed by atoms with Crippen molar-refractivity contribution in [3.63, 3.8) is 0 Å². The summed E-state index contributed by atoms with van der Waals surface area (Å²) in [6, 6.07) is 13.5. The number of nitrogens with zero attached hydrogens (tertiary/aromatic N) is 2. The number of nitrogens with two attached hydrogens (primary N) is 1. The molecule has 0 fully saturated rings. The third-order valence-corrected chi connectivity index (χ3v) is 4.58. The highest BCUT2D eigenvalue weighted by Gasteiger charge is 2.17. The number of fused-ring (bicyclic) bond motifs is 1. The highest BCUT2D eigenvalue weighted by Crippen LogP contribution is 2.42. The molecule has 142 valence electrons. The molecule has 0 aliphatic carbocycles. The number of aromatic amines is 1. The van der Waals surface area contributed by atoms with E-state index in [9.17, 15) is 0 Å². The van der Waals surface area contributed by atoms with Crippen molar-refractivity contribution in [2.24, 2.45) is 0 Å². The molecule has 0 bridgehead atoms. The number of hydrogen-bond donors (Lipinski definition) is 2. The van der Waals surface area contributed by atoms with Crippen LogP contribution in [0.2, 0.25) is 0 Å². The van der Waals surface area contributed by atoms with Gasteiger partial charge in [0.15, 0.2) is 17.1 Å². The molecule has 3 N–H and O–H groups in total. The van der Waals surface area contributed by atoms with Crippen LogP contribution < -0.4 is 19.9 Å². The Balaban J connectivity index is 1.89. The van der Waals surface area contributed by atoms with Gasteiger partial charge in [-0.1, -0.05) is 12.1 Å². The van der Waals surface area contributed by atoms with E-state index in [1.807, 2.05) is 42.5 Å². The van der Waals surface area contributed by atoms with E-state index >= 15 is 0 Å². The predicted octanol–water partition coefficient (Wildman–Crippen LogP) is 3.90. The molecule has 2 aromatic heterocycles. The van der Waals surface area contributed by atoms with E-state index in [1.165, 1.54) is 0 Å². The van der Waals surface area contributed by atoms with Gasteiger partial charge in [-0.05, 0) is 35.9 Å². The van der Waals surface area contributed by atoms with Gasteiger partial charge in [-0.15, -0.1) is 0 Å². The first-order valence-electron chi connectivity index (χ1n) is 8.65. The molecule has 0 radical (unpaired) electrons. The molecule has 7 heteroatoms. The van der Waals surface area contributed by atoms with Gasteiger partial charge in [0, 0.05) is 28.4 Å². The topological polar surface area (TPSA) is 95.3 Å². The van der Waals surface area contributed by atoms with E-state index in [0.717, 1.165) is 27.8 Å². The normalized spacial score (nSPS) is 10.8. The Morgan fingerprint density at radius 2 is 1.61 bits per heavy atom. The van der Waals surface area contributed by atoms with Gasteiger partial charge in [0.2, 0.25) is 5.75 Å². The van der Waals surface area contributed by atoms with Crippen LogP contribution in [0.3, 0.4) is 0 Å². The molecule has 0 amide bonds. The molecule has 0 saturated heterocycles. The molecular weight excluding hydrogens is 356 g/mol. The number of methoxy groups -OCH3 is 3. The van der Waals surface area contributed by atoms with E-state index in [4.69, 9.17) is 19.9 Å². The fraction of sp³-hybridized carbons (Fsp3) is 0.143. The van der Waals surface area contributed by atoms with Gasteiger partial charge >= 0.3 is 0 Å². The third-order valence-electron chi connectivity index (χ3n) is 4.58. The number of rotatable bonds is 5. The Bertz CT molecular complexity index is 1130. The minimum Gasteiger partial charge on any atom is -0.493 e. The number of pyridine rings is 1. The van der Waals surface area contributed by atoms with Crippen molar-refractivity contribution in [2.45, 2.75) is 0 Å². The standard InChI is InChI=1S/C21H20N4O3/c1-26-17-9-13(10-18(27-2)20(17)28-3)19-16-8-14(11-23-21(16)25-24-19)12-5-4-6-15(22)7-12/h4-11H,22H2,1-3H3,(H,23,24,25). The maximum Gasteiger partial charge on any atom is 0.203 e. The quantitative estimate of drug-likeness (QED) is 0.513. The second-order valence-electron chi connectivity index (χ2n) is 6.23. The lowest BCUT2D eigenvalue weighted by Gasteiger charge is -2.13. The minimum atomic E-state index is 0.538. The molecular formula is C21H20N4O3. The van der Waals surface area contributed by atoms with Crippen molar-refractivity contribution < 1.29 is 14.2 Å². The van der Waals surface area contributed by atoms with Crippen molar-refractivity contribution in [1.29, 1.82) is 0 Å². The maximum atomic E-state index is 5.92. The van der Waals surface area contributed by atoms with Crippen molar-refractivity contribution in [3.8, 4) is 39.6 Å². The lowest BCUT2D eigenvalue weighted by atomic mass is 10.0. The number of nitrogens with one attached hydrogen (secondary N) is 1. The molecule has 7 nitrogen and oxygen atoms in total. The number of hydrogen-bond acceptors (Lipinski definition) is 6. The predicted molar refractivity (Wildman–Crippen MR) is 109 cm³/mol. The smallest absolute Gasteiger partial charge is 0.203 e. The SMILES string of the molecule is COc1cc(-c2[nH]nc3ncc(-c4cccc(N)c4)cc23)cc(OC)c1OC. The Kier molecular flexibility index (Phi) is 4.49. The van der Waals surface area contributed by atoms with Gasteiger partial charge in [0.05, 0.1) is 27.0 Å².